The highest BCUT2D eigenvalue weighted by Crippen LogP contribution is 2.50. The van der Waals surface area contributed by atoms with Crippen molar-refractivity contribution in [2.75, 3.05) is 20.2 Å². The van der Waals surface area contributed by atoms with E-state index in [9.17, 15) is 5.11 Å². The molecule has 0 amide bonds. The maximum Gasteiger partial charge on any atom is 0.145 e. The van der Waals surface area contributed by atoms with Crippen molar-refractivity contribution in [3.05, 3.63) is 65.6 Å². The summed E-state index contributed by atoms with van der Waals surface area (Å²) in [7, 11) is 1.69. The van der Waals surface area contributed by atoms with Gasteiger partial charge in [-0.1, -0.05) is 24.3 Å². The topological polar surface area (TPSA) is 58.5 Å². The average molecular weight is 389 g/mol. The normalized spacial score (nSPS) is 26.7. The van der Waals surface area contributed by atoms with E-state index in [4.69, 9.17) is 9.72 Å². The summed E-state index contributed by atoms with van der Waals surface area (Å²) < 4.78 is 5.48. The Labute approximate surface area is 171 Å². The first-order chi connectivity index (χ1) is 14.1. The van der Waals surface area contributed by atoms with Gasteiger partial charge in [-0.3, -0.25) is 9.88 Å². The quantitative estimate of drug-likeness (QED) is 0.738. The van der Waals surface area contributed by atoms with Crippen LogP contribution in [-0.2, 0) is 12.1 Å². The number of methoxy groups -OCH3 is 1. The van der Waals surface area contributed by atoms with Crippen molar-refractivity contribution < 1.29 is 9.84 Å². The van der Waals surface area contributed by atoms with Crippen molar-refractivity contribution in [3.8, 4) is 5.75 Å². The van der Waals surface area contributed by atoms with E-state index in [2.05, 4.69) is 28.1 Å². The molecular weight excluding hydrogens is 362 g/mol. The van der Waals surface area contributed by atoms with Crippen LogP contribution in [0.4, 0.5) is 0 Å². The molecule has 2 aromatic heterocycles. The fourth-order valence-corrected chi connectivity index (χ4v) is 5.20. The van der Waals surface area contributed by atoms with Crippen molar-refractivity contribution in [2.24, 2.45) is 11.8 Å². The van der Waals surface area contributed by atoms with Crippen LogP contribution in [0, 0.1) is 18.8 Å². The molecule has 0 bridgehead atoms. The number of benzene rings is 1. The van der Waals surface area contributed by atoms with Gasteiger partial charge in [0.15, 0.2) is 0 Å². The molecule has 2 aliphatic rings. The summed E-state index contributed by atoms with van der Waals surface area (Å²) in [6, 6.07) is 14.3. The summed E-state index contributed by atoms with van der Waals surface area (Å²) in [4.78, 5) is 11.9. The van der Waals surface area contributed by atoms with Crippen LogP contribution >= 0.6 is 0 Å². The van der Waals surface area contributed by atoms with Gasteiger partial charge >= 0.3 is 0 Å². The molecule has 1 saturated heterocycles. The number of para-hydroxylation sites is 1. The van der Waals surface area contributed by atoms with Gasteiger partial charge in [0.2, 0.25) is 0 Å². The monoisotopic (exact) mass is 389 g/mol. The number of pyridine rings is 2. The SMILES string of the molecule is COc1cccc2ccc(CN3CC4CCC(O)(c5ccc(C)cn5)C4C3)nc12. The zero-order chi connectivity index (χ0) is 20.0. The molecule has 3 unspecified atom stereocenters. The second-order valence-electron chi connectivity index (χ2n) is 8.58. The number of nitrogens with zero attached hydrogens (tertiary/aromatic N) is 3. The Bertz CT molecular complexity index is 1040. The third kappa shape index (κ3) is 3.18. The average Bonchev–Trinajstić information content (AvgIpc) is 3.28. The first-order valence-corrected chi connectivity index (χ1v) is 10.4. The number of aliphatic hydroxyl groups is 1. The number of hydrogen-bond acceptors (Lipinski definition) is 5. The van der Waals surface area contributed by atoms with E-state index >= 15 is 0 Å². The minimum absolute atomic E-state index is 0.229. The van der Waals surface area contributed by atoms with Crippen LogP contribution in [-0.4, -0.2) is 40.2 Å². The van der Waals surface area contributed by atoms with Crippen LogP contribution in [0.25, 0.3) is 10.9 Å². The molecule has 2 fully saturated rings. The van der Waals surface area contributed by atoms with Crippen LogP contribution in [0.3, 0.4) is 0 Å². The van der Waals surface area contributed by atoms with Gasteiger partial charge in [0.05, 0.1) is 18.5 Å². The number of aryl methyl sites for hydroxylation is 1. The molecule has 150 valence electrons. The molecule has 1 N–H and O–H groups in total. The number of fused-ring (bicyclic) bond motifs is 2. The molecule has 3 atom stereocenters. The van der Waals surface area contributed by atoms with Gasteiger partial charge in [-0.25, -0.2) is 4.98 Å². The zero-order valence-corrected chi connectivity index (χ0v) is 17.0. The molecule has 1 aliphatic carbocycles. The molecule has 0 radical (unpaired) electrons. The van der Waals surface area contributed by atoms with Crippen LogP contribution in [0.1, 0.15) is 29.8 Å². The molecule has 1 aliphatic heterocycles. The van der Waals surface area contributed by atoms with E-state index < -0.39 is 5.60 Å². The highest BCUT2D eigenvalue weighted by atomic mass is 16.5. The number of rotatable bonds is 4. The Morgan fingerprint density at radius 3 is 2.86 bits per heavy atom. The summed E-state index contributed by atoms with van der Waals surface area (Å²) in [5.41, 5.74) is 3.09. The minimum Gasteiger partial charge on any atom is -0.494 e. The van der Waals surface area contributed by atoms with E-state index in [1.54, 1.807) is 7.11 Å². The lowest BCUT2D eigenvalue weighted by atomic mass is 9.85. The molecule has 1 saturated carbocycles. The third-order valence-electron chi connectivity index (χ3n) is 6.73. The zero-order valence-electron chi connectivity index (χ0n) is 17.0. The molecule has 1 aromatic carbocycles. The van der Waals surface area contributed by atoms with E-state index in [1.165, 1.54) is 0 Å². The smallest absolute Gasteiger partial charge is 0.145 e. The maximum atomic E-state index is 11.5. The van der Waals surface area contributed by atoms with Gasteiger partial charge in [-0.2, -0.15) is 0 Å². The van der Waals surface area contributed by atoms with Crippen LogP contribution in [0.15, 0.2) is 48.7 Å². The summed E-state index contributed by atoms with van der Waals surface area (Å²) in [6.07, 6.45) is 3.71. The fraction of sp³-hybridized carbons (Fsp3) is 0.417. The summed E-state index contributed by atoms with van der Waals surface area (Å²) in [6.45, 7) is 4.70. The van der Waals surface area contributed by atoms with Gasteiger partial charge in [-0.05, 0) is 49.4 Å². The molecule has 3 heterocycles. The minimum atomic E-state index is -0.812. The first-order valence-electron chi connectivity index (χ1n) is 10.4. The van der Waals surface area contributed by atoms with Crippen molar-refractivity contribution in [1.29, 1.82) is 0 Å². The largest absolute Gasteiger partial charge is 0.494 e. The fourth-order valence-electron chi connectivity index (χ4n) is 5.20. The van der Waals surface area contributed by atoms with Crippen LogP contribution < -0.4 is 4.74 Å². The van der Waals surface area contributed by atoms with Crippen LogP contribution in [0.2, 0.25) is 0 Å². The highest BCUT2D eigenvalue weighted by molar-refractivity contribution is 5.84. The van der Waals surface area contributed by atoms with Gasteiger partial charge in [-0.15, -0.1) is 0 Å². The molecule has 3 aromatic rings. The third-order valence-corrected chi connectivity index (χ3v) is 6.73. The maximum absolute atomic E-state index is 11.5. The molecule has 0 spiro atoms. The number of likely N-dealkylation sites (tertiary alicyclic amines) is 1. The summed E-state index contributed by atoms with van der Waals surface area (Å²) in [5.74, 6) is 1.55. The van der Waals surface area contributed by atoms with Gasteiger partial charge < -0.3 is 9.84 Å². The number of ether oxygens (including phenoxy) is 1. The second kappa shape index (κ2) is 7.08. The van der Waals surface area contributed by atoms with Crippen molar-refractivity contribution in [3.63, 3.8) is 0 Å². The Morgan fingerprint density at radius 1 is 1.17 bits per heavy atom. The predicted octanol–water partition coefficient (Wildman–Crippen LogP) is 3.68. The molecule has 5 nitrogen and oxygen atoms in total. The Morgan fingerprint density at radius 2 is 2.07 bits per heavy atom. The highest BCUT2D eigenvalue weighted by Gasteiger charge is 2.53. The van der Waals surface area contributed by atoms with Crippen molar-refractivity contribution >= 4 is 10.9 Å². The van der Waals surface area contributed by atoms with Gasteiger partial charge in [0.1, 0.15) is 16.9 Å². The van der Waals surface area contributed by atoms with Crippen LogP contribution in [0.5, 0.6) is 5.75 Å². The Balaban J connectivity index is 1.36. The Kier molecular flexibility index (Phi) is 4.52. The van der Waals surface area contributed by atoms with E-state index in [-0.39, 0.29) is 5.92 Å². The predicted molar refractivity (Wildman–Crippen MR) is 113 cm³/mol. The van der Waals surface area contributed by atoms with E-state index in [0.29, 0.717) is 5.92 Å². The van der Waals surface area contributed by atoms with Crippen molar-refractivity contribution in [1.82, 2.24) is 14.9 Å². The number of hydrogen-bond donors (Lipinski definition) is 1. The summed E-state index contributed by atoms with van der Waals surface area (Å²) >= 11 is 0. The summed E-state index contributed by atoms with van der Waals surface area (Å²) in [5, 5.41) is 12.6. The lowest BCUT2D eigenvalue weighted by Gasteiger charge is -2.29. The lowest BCUT2D eigenvalue weighted by Crippen LogP contribution is -2.35. The molecule has 5 rings (SSSR count). The lowest BCUT2D eigenvalue weighted by molar-refractivity contribution is -0.0109. The van der Waals surface area contributed by atoms with Gasteiger partial charge in [0.25, 0.3) is 0 Å². The second-order valence-corrected chi connectivity index (χ2v) is 8.58. The molecule has 29 heavy (non-hydrogen) atoms. The number of aromatic nitrogens is 2. The van der Waals surface area contributed by atoms with Crippen molar-refractivity contribution in [2.45, 2.75) is 31.9 Å². The van der Waals surface area contributed by atoms with Gasteiger partial charge in [0, 0.05) is 37.1 Å². The Hall–Kier alpha value is -2.50. The molecule has 5 heteroatoms. The standard InChI is InChI=1S/C24H27N3O2/c1-16-6-9-22(25-12-16)24(28)11-10-18-13-27(15-20(18)24)14-19-8-7-17-4-3-5-21(29-2)23(17)26-19/h3-9,12,18,20,28H,10-11,13-15H2,1-2H3. The van der Waals surface area contributed by atoms with E-state index in [0.717, 1.165) is 66.1 Å². The first kappa shape index (κ1) is 18.5. The van der Waals surface area contributed by atoms with E-state index in [1.807, 2.05) is 37.4 Å². The molecular formula is C24H27N3O2.